The number of likely N-dealkylation sites (tertiary alicyclic amines) is 1. The van der Waals surface area contributed by atoms with Crippen molar-refractivity contribution in [1.29, 1.82) is 0 Å². The lowest BCUT2D eigenvalue weighted by Gasteiger charge is -2.24. The molecular weight excluding hydrogens is 320 g/mol. The monoisotopic (exact) mass is 348 g/mol. The van der Waals surface area contributed by atoms with E-state index in [0.717, 1.165) is 44.4 Å². The fourth-order valence-corrected chi connectivity index (χ4v) is 4.52. The lowest BCUT2D eigenvalue weighted by Crippen LogP contribution is -2.34. The summed E-state index contributed by atoms with van der Waals surface area (Å²) in [6.07, 6.45) is 1.21. The summed E-state index contributed by atoms with van der Waals surface area (Å²) < 4.78 is 2.20. The van der Waals surface area contributed by atoms with Crippen LogP contribution >= 0.6 is 11.3 Å². The first-order valence-electron chi connectivity index (χ1n) is 8.72. The average molecular weight is 349 g/mol. The van der Waals surface area contributed by atoms with Gasteiger partial charge in [0.05, 0.1) is 17.2 Å². The van der Waals surface area contributed by atoms with Crippen LogP contribution in [0.5, 0.6) is 0 Å². The maximum absolute atomic E-state index is 4.55. The van der Waals surface area contributed by atoms with Crippen LogP contribution in [0.1, 0.15) is 40.6 Å². The number of hydrogen-bond donors (Lipinski definition) is 0. The van der Waals surface area contributed by atoms with E-state index in [9.17, 15) is 0 Å². The van der Waals surface area contributed by atoms with Crippen LogP contribution in [-0.2, 0) is 19.6 Å². The van der Waals surface area contributed by atoms with Crippen molar-refractivity contribution < 1.29 is 0 Å². The van der Waals surface area contributed by atoms with Crippen molar-refractivity contribution in [3.05, 3.63) is 27.2 Å². The van der Waals surface area contributed by atoms with Crippen LogP contribution in [0.25, 0.3) is 0 Å². The van der Waals surface area contributed by atoms with Crippen molar-refractivity contribution >= 4 is 11.3 Å². The maximum Gasteiger partial charge on any atom is 0.147 e. The minimum Gasteiger partial charge on any atom is -0.314 e. The van der Waals surface area contributed by atoms with Crippen LogP contribution in [0.3, 0.4) is 0 Å². The Morgan fingerprint density at radius 3 is 2.71 bits per heavy atom. The molecule has 0 unspecified atom stereocenters. The second-order valence-electron chi connectivity index (χ2n) is 6.74. The summed E-state index contributed by atoms with van der Waals surface area (Å²) in [6.45, 7) is 13.5. The molecule has 1 aliphatic heterocycles. The summed E-state index contributed by atoms with van der Waals surface area (Å²) in [5.74, 6) is 2.08. The molecule has 132 valence electrons. The number of likely N-dealkylation sites (N-methyl/N-ethyl adjacent to an activating group) is 1. The predicted octanol–water partition coefficient (Wildman–Crippen LogP) is 2.39. The quantitative estimate of drug-likeness (QED) is 0.802. The van der Waals surface area contributed by atoms with Crippen molar-refractivity contribution in [3.63, 3.8) is 0 Å². The van der Waals surface area contributed by atoms with E-state index in [0.29, 0.717) is 6.04 Å². The highest BCUT2D eigenvalue weighted by Gasteiger charge is 2.27. The molecule has 0 bridgehead atoms. The zero-order chi connectivity index (χ0) is 17.3. The Kier molecular flexibility index (Phi) is 5.32. The van der Waals surface area contributed by atoms with E-state index in [-0.39, 0.29) is 0 Å². The van der Waals surface area contributed by atoms with Crippen LogP contribution in [0.4, 0.5) is 0 Å². The Labute approximate surface area is 148 Å². The Morgan fingerprint density at radius 1 is 1.25 bits per heavy atom. The summed E-state index contributed by atoms with van der Waals surface area (Å²) >= 11 is 1.83. The van der Waals surface area contributed by atoms with E-state index in [1.165, 1.54) is 22.0 Å². The van der Waals surface area contributed by atoms with Gasteiger partial charge < -0.3 is 4.57 Å². The fraction of sp³-hybridized carbons (Fsp3) is 0.706. The first kappa shape index (κ1) is 17.5. The van der Waals surface area contributed by atoms with Crippen LogP contribution < -0.4 is 0 Å². The molecule has 2 aromatic heterocycles. The van der Waals surface area contributed by atoms with Gasteiger partial charge in [0.15, 0.2) is 0 Å². The van der Waals surface area contributed by atoms with Gasteiger partial charge in [-0.05, 0) is 41.2 Å². The summed E-state index contributed by atoms with van der Waals surface area (Å²) in [5, 5.41) is 9.74. The molecule has 3 heterocycles. The zero-order valence-corrected chi connectivity index (χ0v) is 16.2. The van der Waals surface area contributed by atoms with Gasteiger partial charge in [-0.2, -0.15) is 0 Å². The van der Waals surface area contributed by atoms with Crippen LogP contribution in [0, 0.1) is 20.8 Å². The fourth-order valence-electron chi connectivity index (χ4n) is 3.54. The van der Waals surface area contributed by atoms with E-state index < -0.39 is 0 Å². The highest BCUT2D eigenvalue weighted by Crippen LogP contribution is 2.23. The smallest absolute Gasteiger partial charge is 0.147 e. The standard InChI is InChI=1S/C17H28N6S/c1-6-23-13(3)19-20-17(23)11-21(5)15-7-8-22(9-15)10-16-12(2)18-14(4)24-16/h15H,6-11H2,1-5H3/t15-/m0/s1. The third-order valence-electron chi connectivity index (χ3n) is 4.96. The summed E-state index contributed by atoms with van der Waals surface area (Å²) in [6, 6.07) is 0.585. The number of aromatic nitrogens is 4. The minimum absolute atomic E-state index is 0.585. The van der Waals surface area contributed by atoms with Gasteiger partial charge in [-0.1, -0.05) is 0 Å². The highest BCUT2D eigenvalue weighted by molar-refractivity contribution is 7.11. The SMILES string of the molecule is CCn1c(C)nnc1CN(C)[C@H]1CCN(Cc2sc(C)nc2C)C1. The third kappa shape index (κ3) is 3.68. The molecule has 0 radical (unpaired) electrons. The molecule has 1 fully saturated rings. The average Bonchev–Trinajstić information content (AvgIpc) is 3.21. The van der Waals surface area contributed by atoms with Gasteiger partial charge in [-0.15, -0.1) is 21.5 Å². The van der Waals surface area contributed by atoms with Crippen LogP contribution in [0.15, 0.2) is 0 Å². The van der Waals surface area contributed by atoms with Crippen molar-refractivity contribution in [2.75, 3.05) is 20.1 Å². The Morgan fingerprint density at radius 2 is 2.04 bits per heavy atom. The molecule has 1 atom stereocenters. The second-order valence-corrected chi connectivity index (χ2v) is 8.03. The molecule has 7 heteroatoms. The van der Waals surface area contributed by atoms with E-state index in [1.54, 1.807) is 0 Å². The van der Waals surface area contributed by atoms with Crippen molar-refractivity contribution in [2.45, 2.75) is 59.8 Å². The molecule has 1 aliphatic rings. The van der Waals surface area contributed by atoms with Gasteiger partial charge in [0.1, 0.15) is 11.6 Å². The van der Waals surface area contributed by atoms with E-state index in [1.807, 2.05) is 18.3 Å². The normalized spacial score (nSPS) is 18.8. The van der Waals surface area contributed by atoms with Crippen molar-refractivity contribution in [2.24, 2.45) is 0 Å². The Bertz CT molecular complexity index is 691. The topological polar surface area (TPSA) is 50.1 Å². The largest absolute Gasteiger partial charge is 0.314 e. The van der Waals surface area contributed by atoms with Gasteiger partial charge in [-0.3, -0.25) is 9.80 Å². The van der Waals surface area contributed by atoms with Crippen LogP contribution in [-0.4, -0.2) is 55.7 Å². The highest BCUT2D eigenvalue weighted by atomic mass is 32.1. The summed E-state index contributed by atoms with van der Waals surface area (Å²) in [7, 11) is 2.21. The molecule has 0 aromatic carbocycles. The Balaban J connectivity index is 1.57. The molecule has 0 aliphatic carbocycles. The molecule has 3 rings (SSSR count). The molecule has 1 saturated heterocycles. The molecule has 0 saturated carbocycles. The van der Waals surface area contributed by atoms with E-state index >= 15 is 0 Å². The third-order valence-corrected chi connectivity index (χ3v) is 6.01. The summed E-state index contributed by atoms with van der Waals surface area (Å²) in [4.78, 5) is 10.9. The molecule has 0 amide bonds. The zero-order valence-electron chi connectivity index (χ0n) is 15.4. The molecular formula is C17H28N6S. The number of hydrogen-bond acceptors (Lipinski definition) is 6. The Hall–Kier alpha value is -1.31. The number of thiazole rings is 1. The number of aryl methyl sites for hydroxylation is 3. The van der Waals surface area contributed by atoms with E-state index in [4.69, 9.17) is 0 Å². The first-order valence-corrected chi connectivity index (χ1v) is 9.53. The predicted molar refractivity (Wildman–Crippen MR) is 97.2 cm³/mol. The van der Waals surface area contributed by atoms with Crippen molar-refractivity contribution in [3.8, 4) is 0 Å². The molecule has 0 N–H and O–H groups in total. The lowest BCUT2D eigenvalue weighted by atomic mass is 10.2. The van der Waals surface area contributed by atoms with Gasteiger partial charge in [0.25, 0.3) is 0 Å². The van der Waals surface area contributed by atoms with Gasteiger partial charge >= 0.3 is 0 Å². The van der Waals surface area contributed by atoms with E-state index in [2.05, 4.69) is 57.4 Å². The molecule has 0 spiro atoms. The molecule has 24 heavy (non-hydrogen) atoms. The first-order chi connectivity index (χ1) is 11.5. The van der Waals surface area contributed by atoms with Crippen LogP contribution in [0.2, 0.25) is 0 Å². The molecule has 2 aromatic rings. The number of rotatable bonds is 6. The summed E-state index contributed by atoms with van der Waals surface area (Å²) in [5.41, 5.74) is 1.20. The van der Waals surface area contributed by atoms with Gasteiger partial charge in [-0.25, -0.2) is 4.98 Å². The second kappa shape index (κ2) is 7.29. The lowest BCUT2D eigenvalue weighted by molar-refractivity contribution is 0.216. The molecule has 6 nitrogen and oxygen atoms in total. The maximum atomic E-state index is 4.55. The van der Waals surface area contributed by atoms with Gasteiger partial charge in [0, 0.05) is 37.1 Å². The van der Waals surface area contributed by atoms with Crippen molar-refractivity contribution in [1.82, 2.24) is 29.5 Å². The minimum atomic E-state index is 0.585. The van der Waals surface area contributed by atoms with Gasteiger partial charge in [0.2, 0.25) is 0 Å². The number of nitrogens with zero attached hydrogens (tertiary/aromatic N) is 6.